The predicted molar refractivity (Wildman–Crippen MR) is 80.0 cm³/mol. The Kier molecular flexibility index (Phi) is 4.36. The second kappa shape index (κ2) is 6.44. The molecule has 1 aliphatic carbocycles. The van der Waals surface area contributed by atoms with E-state index in [0.717, 1.165) is 19.4 Å². The number of aromatic carboxylic acids is 1. The molecule has 2 aliphatic rings. The van der Waals surface area contributed by atoms with Crippen LogP contribution in [0.1, 0.15) is 46.8 Å². The molecular weight excluding hydrogens is 300 g/mol. The van der Waals surface area contributed by atoms with E-state index in [1.54, 1.807) is 4.90 Å². The van der Waals surface area contributed by atoms with Crippen LogP contribution in [0.4, 0.5) is 0 Å². The molecule has 1 aliphatic heterocycles. The standard InChI is InChI=1S/C16H20N2O5/c19-14(17-8-10-3-4-10)11-2-1-7-18(9-11)15(20)12-5-6-13(23-12)16(21)22/h5-6,10-11H,1-4,7-9H2,(H,17,19)(H,21,22). The van der Waals surface area contributed by atoms with Crippen molar-refractivity contribution in [2.75, 3.05) is 19.6 Å². The molecule has 23 heavy (non-hydrogen) atoms. The summed E-state index contributed by atoms with van der Waals surface area (Å²) in [5.74, 6) is -1.42. The first-order chi connectivity index (χ1) is 11.0. The lowest BCUT2D eigenvalue weighted by Gasteiger charge is -2.31. The zero-order chi connectivity index (χ0) is 16.4. The van der Waals surface area contributed by atoms with Gasteiger partial charge in [-0.25, -0.2) is 4.79 Å². The number of likely N-dealkylation sites (tertiary alicyclic amines) is 1. The van der Waals surface area contributed by atoms with E-state index in [9.17, 15) is 14.4 Å². The zero-order valence-corrected chi connectivity index (χ0v) is 12.8. The van der Waals surface area contributed by atoms with Gasteiger partial charge < -0.3 is 19.7 Å². The lowest BCUT2D eigenvalue weighted by Crippen LogP contribution is -2.45. The van der Waals surface area contributed by atoms with Gasteiger partial charge in [-0.05, 0) is 43.7 Å². The number of carboxylic acid groups (broad SMARTS) is 1. The number of nitrogens with one attached hydrogen (secondary N) is 1. The van der Waals surface area contributed by atoms with Crippen molar-refractivity contribution in [1.29, 1.82) is 0 Å². The van der Waals surface area contributed by atoms with Crippen molar-refractivity contribution in [2.45, 2.75) is 25.7 Å². The molecule has 0 bridgehead atoms. The Morgan fingerprint density at radius 1 is 1.22 bits per heavy atom. The molecule has 1 aromatic heterocycles. The molecule has 1 aromatic rings. The van der Waals surface area contributed by atoms with Crippen molar-refractivity contribution in [3.8, 4) is 0 Å². The topological polar surface area (TPSA) is 99.9 Å². The van der Waals surface area contributed by atoms with Gasteiger partial charge in [-0.2, -0.15) is 0 Å². The first-order valence-electron chi connectivity index (χ1n) is 7.94. The van der Waals surface area contributed by atoms with E-state index >= 15 is 0 Å². The molecule has 0 aromatic carbocycles. The van der Waals surface area contributed by atoms with Gasteiger partial charge >= 0.3 is 5.97 Å². The third-order valence-electron chi connectivity index (χ3n) is 4.37. The van der Waals surface area contributed by atoms with E-state index in [1.165, 1.54) is 25.0 Å². The first kappa shape index (κ1) is 15.6. The molecule has 1 unspecified atom stereocenters. The van der Waals surface area contributed by atoms with Gasteiger partial charge in [0.05, 0.1) is 5.92 Å². The van der Waals surface area contributed by atoms with E-state index in [0.29, 0.717) is 19.0 Å². The minimum atomic E-state index is -1.21. The van der Waals surface area contributed by atoms with E-state index in [2.05, 4.69) is 5.32 Å². The summed E-state index contributed by atoms with van der Waals surface area (Å²) >= 11 is 0. The first-order valence-corrected chi connectivity index (χ1v) is 7.94. The highest BCUT2D eigenvalue weighted by molar-refractivity contribution is 5.94. The van der Waals surface area contributed by atoms with Crippen LogP contribution in [0, 0.1) is 11.8 Å². The van der Waals surface area contributed by atoms with Crippen molar-refractivity contribution >= 4 is 17.8 Å². The summed E-state index contributed by atoms with van der Waals surface area (Å²) in [7, 11) is 0. The Labute approximate surface area is 133 Å². The number of carbonyl (C=O) groups is 3. The summed E-state index contributed by atoms with van der Waals surface area (Å²) in [6.07, 6.45) is 3.87. The number of hydrogen-bond acceptors (Lipinski definition) is 4. The Balaban J connectivity index is 1.59. The monoisotopic (exact) mass is 320 g/mol. The minimum absolute atomic E-state index is 0.0000647. The van der Waals surface area contributed by atoms with Crippen molar-refractivity contribution in [3.63, 3.8) is 0 Å². The Morgan fingerprint density at radius 2 is 1.96 bits per heavy atom. The van der Waals surface area contributed by atoms with Crippen LogP contribution < -0.4 is 5.32 Å². The van der Waals surface area contributed by atoms with Gasteiger partial charge in [-0.15, -0.1) is 0 Å². The Bertz CT molecular complexity index is 620. The van der Waals surface area contributed by atoms with Crippen LogP contribution in [0.3, 0.4) is 0 Å². The van der Waals surface area contributed by atoms with E-state index < -0.39 is 5.97 Å². The number of furan rings is 1. The average molecular weight is 320 g/mol. The molecule has 0 radical (unpaired) electrons. The maximum atomic E-state index is 12.4. The summed E-state index contributed by atoms with van der Waals surface area (Å²) < 4.78 is 5.05. The van der Waals surface area contributed by atoms with Crippen LogP contribution in [0.15, 0.2) is 16.5 Å². The molecule has 0 spiro atoms. The third kappa shape index (κ3) is 3.72. The molecule has 1 atom stereocenters. The molecule has 124 valence electrons. The van der Waals surface area contributed by atoms with Gasteiger partial charge in [0.15, 0.2) is 5.76 Å². The van der Waals surface area contributed by atoms with E-state index in [1.807, 2.05) is 0 Å². The normalized spacial score (nSPS) is 21.0. The highest BCUT2D eigenvalue weighted by atomic mass is 16.4. The SMILES string of the molecule is O=C(O)c1ccc(C(=O)N2CCCC(C(=O)NCC3CC3)C2)o1. The van der Waals surface area contributed by atoms with Gasteiger partial charge in [-0.1, -0.05) is 0 Å². The Morgan fingerprint density at radius 3 is 2.61 bits per heavy atom. The van der Waals surface area contributed by atoms with Gasteiger partial charge in [0.25, 0.3) is 5.91 Å². The third-order valence-corrected chi connectivity index (χ3v) is 4.37. The van der Waals surface area contributed by atoms with Gasteiger partial charge in [0, 0.05) is 19.6 Å². The summed E-state index contributed by atoms with van der Waals surface area (Å²) in [6, 6.07) is 2.63. The number of carboxylic acids is 1. The number of nitrogens with zero attached hydrogens (tertiary/aromatic N) is 1. The summed E-state index contributed by atoms with van der Waals surface area (Å²) in [6.45, 7) is 1.62. The molecule has 2 amide bonds. The van der Waals surface area contributed by atoms with Gasteiger partial charge in [-0.3, -0.25) is 9.59 Å². The van der Waals surface area contributed by atoms with E-state index in [4.69, 9.17) is 9.52 Å². The lowest BCUT2D eigenvalue weighted by molar-refractivity contribution is -0.126. The second-order valence-corrected chi connectivity index (χ2v) is 6.25. The zero-order valence-electron chi connectivity index (χ0n) is 12.8. The summed E-state index contributed by atoms with van der Waals surface area (Å²) in [5.41, 5.74) is 0. The number of carbonyl (C=O) groups excluding carboxylic acids is 2. The second-order valence-electron chi connectivity index (χ2n) is 6.25. The molecule has 3 rings (SSSR count). The average Bonchev–Trinajstić information content (AvgIpc) is 3.25. The summed E-state index contributed by atoms with van der Waals surface area (Å²) in [5, 5.41) is 11.8. The van der Waals surface area contributed by atoms with Crippen LogP contribution in [0.25, 0.3) is 0 Å². The molecule has 1 saturated carbocycles. The molecule has 2 N–H and O–H groups in total. The largest absolute Gasteiger partial charge is 0.475 e. The molecular formula is C16H20N2O5. The van der Waals surface area contributed by atoms with Crippen LogP contribution in [0.5, 0.6) is 0 Å². The highest BCUT2D eigenvalue weighted by Gasteiger charge is 2.31. The highest BCUT2D eigenvalue weighted by Crippen LogP contribution is 2.28. The summed E-state index contributed by atoms with van der Waals surface area (Å²) in [4.78, 5) is 36.9. The lowest BCUT2D eigenvalue weighted by atomic mass is 9.97. The van der Waals surface area contributed by atoms with Crippen LogP contribution in [-0.2, 0) is 4.79 Å². The fourth-order valence-electron chi connectivity index (χ4n) is 2.81. The molecule has 2 fully saturated rings. The number of piperidine rings is 1. The number of amides is 2. The number of rotatable bonds is 5. The van der Waals surface area contributed by atoms with Crippen molar-refractivity contribution in [1.82, 2.24) is 10.2 Å². The molecule has 7 heteroatoms. The molecule has 1 saturated heterocycles. The van der Waals surface area contributed by atoms with Crippen molar-refractivity contribution in [3.05, 3.63) is 23.7 Å². The fraction of sp³-hybridized carbons (Fsp3) is 0.562. The molecule has 7 nitrogen and oxygen atoms in total. The fourth-order valence-corrected chi connectivity index (χ4v) is 2.81. The van der Waals surface area contributed by atoms with E-state index in [-0.39, 0.29) is 29.3 Å². The van der Waals surface area contributed by atoms with Crippen LogP contribution in [-0.4, -0.2) is 47.4 Å². The van der Waals surface area contributed by atoms with Crippen molar-refractivity contribution < 1.29 is 23.9 Å². The maximum absolute atomic E-state index is 12.4. The Hall–Kier alpha value is -2.31. The predicted octanol–water partition coefficient (Wildman–Crippen LogP) is 1.36. The number of hydrogen-bond donors (Lipinski definition) is 2. The van der Waals surface area contributed by atoms with Crippen molar-refractivity contribution in [2.24, 2.45) is 11.8 Å². The quantitative estimate of drug-likeness (QED) is 0.853. The minimum Gasteiger partial charge on any atom is -0.475 e. The van der Waals surface area contributed by atoms with Gasteiger partial charge in [0.2, 0.25) is 11.7 Å². The smallest absolute Gasteiger partial charge is 0.371 e. The maximum Gasteiger partial charge on any atom is 0.371 e. The van der Waals surface area contributed by atoms with Crippen LogP contribution >= 0.6 is 0 Å². The molecule has 2 heterocycles. The van der Waals surface area contributed by atoms with Gasteiger partial charge in [0.1, 0.15) is 0 Å². The van der Waals surface area contributed by atoms with Crippen LogP contribution in [0.2, 0.25) is 0 Å².